The minimum atomic E-state index is -0.790. The van der Waals surface area contributed by atoms with E-state index < -0.39 is 6.10 Å². The first-order valence-corrected chi connectivity index (χ1v) is 22.8. The summed E-state index contributed by atoms with van der Waals surface area (Å²) in [6.07, 6.45) is 58.6. The average Bonchev–Trinajstić information content (AvgIpc) is 3.17. The fourth-order valence-electron chi connectivity index (χ4n) is 6.30. The van der Waals surface area contributed by atoms with Crippen LogP contribution in [0.4, 0.5) is 0 Å². The van der Waals surface area contributed by atoms with Gasteiger partial charge in [0.15, 0.2) is 6.10 Å². The third kappa shape index (κ3) is 42.3. The smallest absolute Gasteiger partial charge is 0.306 e. The first-order valence-electron chi connectivity index (χ1n) is 22.8. The minimum Gasteiger partial charge on any atom is -0.462 e. The molecule has 0 saturated heterocycles. The molecule has 54 heavy (non-hydrogen) atoms. The summed E-state index contributed by atoms with van der Waals surface area (Å²) >= 11 is 0. The van der Waals surface area contributed by atoms with Crippen molar-refractivity contribution in [3.8, 4) is 0 Å². The maximum Gasteiger partial charge on any atom is 0.306 e. The van der Waals surface area contributed by atoms with Crippen molar-refractivity contribution in [2.75, 3.05) is 13.2 Å². The lowest BCUT2D eigenvalue weighted by Gasteiger charge is -2.15. The van der Waals surface area contributed by atoms with Crippen molar-refractivity contribution >= 4 is 11.9 Å². The number of aliphatic hydroxyl groups excluding tert-OH is 1. The Kier molecular flexibility index (Phi) is 43.0. The van der Waals surface area contributed by atoms with E-state index in [-0.39, 0.29) is 25.2 Å². The highest BCUT2D eigenvalue weighted by Crippen LogP contribution is 2.14. The largest absolute Gasteiger partial charge is 0.462 e. The van der Waals surface area contributed by atoms with Gasteiger partial charge < -0.3 is 14.6 Å². The molecule has 0 fully saturated rings. The van der Waals surface area contributed by atoms with Gasteiger partial charge in [0.05, 0.1) is 6.61 Å². The van der Waals surface area contributed by atoms with Crippen LogP contribution in [0.5, 0.6) is 0 Å². The second-order valence-electron chi connectivity index (χ2n) is 15.1. The first kappa shape index (κ1) is 51.6. The molecule has 5 nitrogen and oxygen atoms in total. The van der Waals surface area contributed by atoms with E-state index in [0.717, 1.165) is 64.2 Å². The third-order valence-electron chi connectivity index (χ3n) is 9.78. The molecule has 5 heteroatoms. The summed E-state index contributed by atoms with van der Waals surface area (Å²) in [6, 6.07) is 0. The van der Waals surface area contributed by atoms with E-state index >= 15 is 0 Å². The number of esters is 2. The second kappa shape index (κ2) is 45.0. The molecule has 0 radical (unpaired) electrons. The van der Waals surface area contributed by atoms with Gasteiger partial charge in [0.1, 0.15) is 6.61 Å². The predicted molar refractivity (Wildman–Crippen MR) is 233 cm³/mol. The molecule has 1 unspecified atom stereocenters. The van der Waals surface area contributed by atoms with Gasteiger partial charge >= 0.3 is 11.9 Å². The van der Waals surface area contributed by atoms with Gasteiger partial charge in [-0.15, -0.1) is 0 Å². The van der Waals surface area contributed by atoms with Crippen LogP contribution in [0, 0.1) is 0 Å². The van der Waals surface area contributed by atoms with Crippen molar-refractivity contribution < 1.29 is 24.2 Å². The van der Waals surface area contributed by atoms with Crippen molar-refractivity contribution in [1.29, 1.82) is 0 Å². The molecule has 0 spiro atoms. The highest BCUT2D eigenvalue weighted by Gasteiger charge is 2.16. The summed E-state index contributed by atoms with van der Waals surface area (Å²) in [5, 5.41) is 9.59. The fraction of sp³-hybridized carbons (Fsp3) is 0.755. The topological polar surface area (TPSA) is 72.8 Å². The maximum atomic E-state index is 12.2. The Labute approximate surface area is 334 Å². The number of hydrogen-bond acceptors (Lipinski definition) is 5. The third-order valence-corrected chi connectivity index (χ3v) is 9.78. The lowest BCUT2D eigenvalue weighted by Crippen LogP contribution is -2.28. The van der Waals surface area contributed by atoms with Crippen molar-refractivity contribution in [2.24, 2.45) is 0 Å². The van der Waals surface area contributed by atoms with Crippen LogP contribution in [0.1, 0.15) is 219 Å². The average molecular weight is 755 g/mol. The molecule has 0 saturated carbocycles. The van der Waals surface area contributed by atoms with E-state index in [1.54, 1.807) is 0 Å². The summed E-state index contributed by atoms with van der Waals surface area (Å²) in [4.78, 5) is 24.4. The highest BCUT2D eigenvalue weighted by atomic mass is 16.6. The standard InChI is InChI=1S/C49H86O5/c1-3-5-7-9-11-13-15-17-19-21-23-24-26-27-29-31-33-35-37-39-41-43-48(51)53-46-47(45-50)54-49(52)44-42-40-38-36-34-32-30-28-25-22-20-18-16-14-12-10-8-6-4-2/h12,14,17-20,25,28,32,34,47,50H,3-11,13,15-16,21-24,26-27,29-31,33,35-46H2,1-2H3. The molecule has 0 aliphatic heterocycles. The predicted octanol–water partition coefficient (Wildman–Crippen LogP) is 14.7. The Morgan fingerprint density at radius 2 is 0.741 bits per heavy atom. The lowest BCUT2D eigenvalue weighted by atomic mass is 10.0. The van der Waals surface area contributed by atoms with Crippen LogP contribution in [-0.2, 0) is 19.1 Å². The summed E-state index contributed by atoms with van der Waals surface area (Å²) in [7, 11) is 0. The number of carbonyl (C=O) groups excluding carboxylic acids is 2. The van der Waals surface area contributed by atoms with E-state index in [9.17, 15) is 14.7 Å². The summed E-state index contributed by atoms with van der Waals surface area (Å²) in [6.45, 7) is 4.09. The van der Waals surface area contributed by atoms with Gasteiger partial charge in [0.25, 0.3) is 0 Å². The normalized spacial score (nSPS) is 12.7. The van der Waals surface area contributed by atoms with E-state index in [0.29, 0.717) is 12.8 Å². The van der Waals surface area contributed by atoms with E-state index in [1.807, 2.05) is 0 Å². The van der Waals surface area contributed by atoms with Crippen LogP contribution in [0.25, 0.3) is 0 Å². The van der Waals surface area contributed by atoms with Crippen molar-refractivity contribution in [3.63, 3.8) is 0 Å². The monoisotopic (exact) mass is 755 g/mol. The van der Waals surface area contributed by atoms with Gasteiger partial charge in [-0.1, -0.05) is 184 Å². The van der Waals surface area contributed by atoms with Crippen LogP contribution in [-0.4, -0.2) is 36.4 Å². The van der Waals surface area contributed by atoms with Gasteiger partial charge in [0.2, 0.25) is 0 Å². The van der Waals surface area contributed by atoms with Gasteiger partial charge in [-0.2, -0.15) is 0 Å². The van der Waals surface area contributed by atoms with E-state index in [4.69, 9.17) is 9.47 Å². The molecule has 0 amide bonds. The number of hydrogen-bond donors (Lipinski definition) is 1. The summed E-state index contributed by atoms with van der Waals surface area (Å²) < 4.78 is 10.6. The highest BCUT2D eigenvalue weighted by molar-refractivity contribution is 5.70. The number of ether oxygens (including phenoxy) is 2. The van der Waals surface area contributed by atoms with Crippen molar-refractivity contribution in [3.05, 3.63) is 60.8 Å². The molecule has 0 rings (SSSR count). The molecule has 0 heterocycles. The Hall–Kier alpha value is -2.40. The molecule has 0 bridgehead atoms. The number of rotatable bonds is 41. The number of allylic oxidation sites excluding steroid dienone is 10. The SMILES string of the molecule is CCCCCC=CCC=CCC=CCC=CCCCCCC(=O)OC(CO)COC(=O)CCCCCCCCCCCCCC=CCCCCCCCC. The minimum absolute atomic E-state index is 0.0803. The molecular formula is C49H86O5. The van der Waals surface area contributed by atoms with Gasteiger partial charge in [0, 0.05) is 12.8 Å². The van der Waals surface area contributed by atoms with Crippen LogP contribution in [0.3, 0.4) is 0 Å². The molecule has 0 aliphatic carbocycles. The zero-order chi connectivity index (χ0) is 39.3. The molecule has 0 aromatic rings. The first-order chi connectivity index (χ1) is 26.6. The Morgan fingerprint density at radius 1 is 0.426 bits per heavy atom. The van der Waals surface area contributed by atoms with Crippen molar-refractivity contribution in [1.82, 2.24) is 0 Å². The van der Waals surface area contributed by atoms with Crippen LogP contribution in [0.2, 0.25) is 0 Å². The van der Waals surface area contributed by atoms with Gasteiger partial charge in [-0.05, 0) is 83.5 Å². The Balaban J connectivity index is 3.58. The fourth-order valence-corrected chi connectivity index (χ4v) is 6.30. The van der Waals surface area contributed by atoms with E-state index in [2.05, 4.69) is 74.6 Å². The molecule has 1 atom stereocenters. The Bertz CT molecular complexity index is 946. The van der Waals surface area contributed by atoms with Crippen molar-refractivity contribution in [2.45, 2.75) is 225 Å². The van der Waals surface area contributed by atoms with E-state index in [1.165, 1.54) is 128 Å². The molecule has 1 N–H and O–H groups in total. The molecule has 0 aromatic heterocycles. The summed E-state index contributed by atoms with van der Waals surface area (Å²) in [5.74, 6) is -0.626. The lowest BCUT2D eigenvalue weighted by molar-refractivity contribution is -0.161. The number of carbonyl (C=O) groups is 2. The number of unbranched alkanes of at least 4 members (excludes halogenated alkanes) is 23. The molecule has 0 aromatic carbocycles. The zero-order valence-electron chi connectivity index (χ0n) is 35.5. The Morgan fingerprint density at radius 3 is 1.19 bits per heavy atom. The summed E-state index contributed by atoms with van der Waals surface area (Å²) in [5.41, 5.74) is 0. The molecule has 312 valence electrons. The van der Waals surface area contributed by atoms with Gasteiger partial charge in [-0.3, -0.25) is 9.59 Å². The maximum absolute atomic E-state index is 12.2. The number of aliphatic hydroxyl groups is 1. The van der Waals surface area contributed by atoms with Crippen LogP contribution < -0.4 is 0 Å². The van der Waals surface area contributed by atoms with Gasteiger partial charge in [-0.25, -0.2) is 0 Å². The molecule has 0 aliphatic rings. The van der Waals surface area contributed by atoms with Crippen LogP contribution >= 0.6 is 0 Å². The zero-order valence-corrected chi connectivity index (χ0v) is 35.5. The van der Waals surface area contributed by atoms with Crippen LogP contribution in [0.15, 0.2) is 60.8 Å². The quantitative estimate of drug-likeness (QED) is 0.0382. The molecular weight excluding hydrogens is 669 g/mol. The second-order valence-corrected chi connectivity index (χ2v) is 15.1.